The van der Waals surface area contributed by atoms with E-state index in [1.54, 1.807) is 13.2 Å². The van der Waals surface area contributed by atoms with Crippen molar-refractivity contribution in [3.63, 3.8) is 0 Å². The fourth-order valence-corrected chi connectivity index (χ4v) is 2.81. The first-order valence-electron chi connectivity index (χ1n) is 7.30. The van der Waals surface area contributed by atoms with Crippen LogP contribution in [0.2, 0.25) is 0 Å². The van der Waals surface area contributed by atoms with Crippen molar-refractivity contribution < 1.29 is 18.8 Å². The van der Waals surface area contributed by atoms with Crippen LogP contribution in [0, 0.1) is 5.92 Å². The van der Waals surface area contributed by atoms with E-state index in [1.807, 2.05) is 6.92 Å². The highest BCUT2D eigenvalue weighted by atomic mass is 32.2. The highest BCUT2D eigenvalue weighted by Crippen LogP contribution is 2.32. The predicted molar refractivity (Wildman–Crippen MR) is 79.9 cm³/mol. The highest BCUT2D eigenvalue weighted by molar-refractivity contribution is 7.84. The molecule has 2 N–H and O–H groups in total. The zero-order valence-electron chi connectivity index (χ0n) is 12.7. The zero-order valence-corrected chi connectivity index (χ0v) is 13.5. The number of rotatable bonds is 7. The quantitative estimate of drug-likeness (QED) is 0.681. The third-order valence-corrected chi connectivity index (χ3v) is 5.29. The first-order chi connectivity index (χ1) is 9.38. The molecule has 0 heterocycles. The number of hydrogen-bond donors (Lipinski definition) is 2. The van der Waals surface area contributed by atoms with Gasteiger partial charge in [0.05, 0.1) is 18.1 Å². The molecule has 1 saturated carbocycles. The molecule has 1 aliphatic rings. The molecule has 20 heavy (non-hydrogen) atoms. The maximum atomic E-state index is 11.6. The van der Waals surface area contributed by atoms with Crippen LogP contribution in [0.15, 0.2) is 0 Å². The molecule has 1 fully saturated rings. The van der Waals surface area contributed by atoms with E-state index in [2.05, 4.69) is 5.32 Å². The normalized spacial score (nSPS) is 29.7. The number of ether oxygens (including phenoxy) is 1. The minimum atomic E-state index is -0.850. The number of nitrogens with one attached hydrogen (secondary N) is 1. The van der Waals surface area contributed by atoms with E-state index >= 15 is 0 Å². The Morgan fingerprint density at radius 2 is 2.10 bits per heavy atom. The van der Waals surface area contributed by atoms with Crippen molar-refractivity contribution in [2.24, 2.45) is 5.92 Å². The molecule has 118 valence electrons. The lowest BCUT2D eigenvalue weighted by Gasteiger charge is -2.35. The molecule has 0 aliphatic heterocycles. The van der Waals surface area contributed by atoms with Gasteiger partial charge in [-0.15, -0.1) is 0 Å². The van der Waals surface area contributed by atoms with Gasteiger partial charge >= 0.3 is 5.97 Å². The molecule has 0 saturated heterocycles. The fraction of sp³-hybridized carbons (Fsp3) is 0.929. The molecule has 5 nitrogen and oxygen atoms in total. The van der Waals surface area contributed by atoms with Gasteiger partial charge in [0.1, 0.15) is 0 Å². The monoisotopic (exact) mass is 305 g/mol. The van der Waals surface area contributed by atoms with Crippen molar-refractivity contribution in [2.75, 3.05) is 26.0 Å². The summed E-state index contributed by atoms with van der Waals surface area (Å²) in [7, 11) is -0.850. The molecule has 0 spiro atoms. The molecule has 0 aromatic rings. The Hall–Kier alpha value is -0.460. The number of aliphatic hydroxyl groups is 1. The number of carbonyl (C=O) groups is 1. The summed E-state index contributed by atoms with van der Waals surface area (Å²) in [6.45, 7) is 5.26. The van der Waals surface area contributed by atoms with Gasteiger partial charge in [0, 0.05) is 35.4 Å². The standard InChI is InChI=1S/C14H27NO4S/c1-4-19-13(16)12-5-7-14(17,8-6-12)10-15-9-11(2)20(3)18/h11-12,15,17H,4-10H2,1-3H3. The number of carbonyl (C=O) groups excluding carboxylic acids is 1. The Balaban J connectivity index is 2.31. The van der Waals surface area contributed by atoms with Gasteiger partial charge in [-0.3, -0.25) is 9.00 Å². The maximum Gasteiger partial charge on any atom is 0.308 e. The van der Waals surface area contributed by atoms with Gasteiger partial charge in [0.15, 0.2) is 0 Å². The van der Waals surface area contributed by atoms with Crippen molar-refractivity contribution in [1.82, 2.24) is 5.32 Å². The van der Waals surface area contributed by atoms with Crippen LogP contribution in [0.25, 0.3) is 0 Å². The van der Waals surface area contributed by atoms with Crippen molar-refractivity contribution >= 4 is 16.8 Å². The van der Waals surface area contributed by atoms with Crippen LogP contribution in [0.1, 0.15) is 39.5 Å². The van der Waals surface area contributed by atoms with E-state index in [0.717, 1.165) is 0 Å². The summed E-state index contributed by atoms with van der Waals surface area (Å²) < 4.78 is 16.3. The van der Waals surface area contributed by atoms with E-state index in [4.69, 9.17) is 4.74 Å². The van der Waals surface area contributed by atoms with Gasteiger partial charge in [-0.05, 0) is 39.5 Å². The van der Waals surface area contributed by atoms with E-state index in [9.17, 15) is 14.1 Å². The molecule has 0 amide bonds. The smallest absolute Gasteiger partial charge is 0.308 e. The molecule has 0 radical (unpaired) electrons. The van der Waals surface area contributed by atoms with Crippen LogP contribution in [-0.4, -0.2) is 52.1 Å². The lowest BCUT2D eigenvalue weighted by Crippen LogP contribution is -2.46. The molecular weight excluding hydrogens is 278 g/mol. The van der Waals surface area contributed by atoms with Crippen LogP contribution >= 0.6 is 0 Å². The average molecular weight is 305 g/mol. The predicted octanol–water partition coefficient (Wildman–Crippen LogP) is 0.827. The molecule has 0 bridgehead atoms. The Bertz CT molecular complexity index is 340. The Kier molecular flexibility index (Phi) is 7.12. The van der Waals surface area contributed by atoms with Gasteiger partial charge in [-0.2, -0.15) is 0 Å². The first kappa shape index (κ1) is 17.6. The van der Waals surface area contributed by atoms with Gasteiger partial charge in [0.25, 0.3) is 0 Å². The summed E-state index contributed by atoms with van der Waals surface area (Å²) in [6.07, 6.45) is 4.24. The summed E-state index contributed by atoms with van der Waals surface area (Å²) in [5.41, 5.74) is -0.752. The second-order valence-electron chi connectivity index (χ2n) is 5.69. The molecule has 6 heteroatoms. The van der Waals surface area contributed by atoms with Crippen molar-refractivity contribution in [3.05, 3.63) is 0 Å². The van der Waals surface area contributed by atoms with Crippen molar-refractivity contribution in [3.8, 4) is 0 Å². The van der Waals surface area contributed by atoms with Gasteiger partial charge < -0.3 is 15.2 Å². The summed E-state index contributed by atoms with van der Waals surface area (Å²) in [4.78, 5) is 11.6. The Labute approximate surface area is 123 Å². The molecule has 0 aromatic carbocycles. The molecular formula is C14H27NO4S. The number of hydrogen-bond acceptors (Lipinski definition) is 5. The van der Waals surface area contributed by atoms with Crippen LogP contribution in [0.4, 0.5) is 0 Å². The summed E-state index contributed by atoms with van der Waals surface area (Å²) >= 11 is 0. The Morgan fingerprint density at radius 3 is 2.60 bits per heavy atom. The van der Waals surface area contributed by atoms with Gasteiger partial charge in [-0.25, -0.2) is 0 Å². The first-order valence-corrected chi connectivity index (χ1v) is 8.92. The van der Waals surface area contributed by atoms with Crippen LogP contribution in [0.3, 0.4) is 0 Å². The largest absolute Gasteiger partial charge is 0.466 e. The lowest BCUT2D eigenvalue weighted by atomic mass is 9.79. The van der Waals surface area contributed by atoms with E-state index in [1.165, 1.54) is 0 Å². The summed E-state index contributed by atoms with van der Waals surface area (Å²) in [5, 5.41) is 13.7. The lowest BCUT2D eigenvalue weighted by molar-refractivity contribution is -0.151. The molecule has 2 atom stereocenters. The zero-order chi connectivity index (χ0) is 15.2. The third-order valence-electron chi connectivity index (χ3n) is 3.99. The summed E-state index contributed by atoms with van der Waals surface area (Å²) in [5.74, 6) is -0.213. The molecule has 1 rings (SSSR count). The summed E-state index contributed by atoms with van der Waals surface area (Å²) in [6, 6.07) is 0. The maximum absolute atomic E-state index is 11.6. The minimum absolute atomic E-state index is 0.0719. The Morgan fingerprint density at radius 1 is 1.50 bits per heavy atom. The van der Waals surface area contributed by atoms with E-state index < -0.39 is 16.4 Å². The topological polar surface area (TPSA) is 75.6 Å². The van der Waals surface area contributed by atoms with Gasteiger partial charge in [0.2, 0.25) is 0 Å². The molecule has 2 unspecified atom stereocenters. The van der Waals surface area contributed by atoms with Crippen LogP contribution in [0.5, 0.6) is 0 Å². The van der Waals surface area contributed by atoms with Crippen molar-refractivity contribution in [2.45, 2.75) is 50.4 Å². The SMILES string of the molecule is CCOC(=O)C1CCC(O)(CNCC(C)S(C)=O)CC1. The van der Waals surface area contributed by atoms with E-state index in [0.29, 0.717) is 45.4 Å². The second-order valence-corrected chi connectivity index (χ2v) is 7.49. The molecule has 0 aromatic heterocycles. The fourth-order valence-electron chi connectivity index (χ4n) is 2.45. The van der Waals surface area contributed by atoms with Gasteiger partial charge in [-0.1, -0.05) is 0 Å². The minimum Gasteiger partial charge on any atom is -0.466 e. The number of esters is 1. The molecule has 1 aliphatic carbocycles. The van der Waals surface area contributed by atoms with Crippen LogP contribution < -0.4 is 5.32 Å². The third kappa shape index (κ3) is 5.50. The average Bonchev–Trinajstić information content (AvgIpc) is 2.39. The van der Waals surface area contributed by atoms with Crippen molar-refractivity contribution in [1.29, 1.82) is 0 Å². The highest BCUT2D eigenvalue weighted by Gasteiger charge is 2.36. The van der Waals surface area contributed by atoms with Crippen LogP contribution in [-0.2, 0) is 20.3 Å². The van der Waals surface area contributed by atoms with E-state index in [-0.39, 0.29) is 17.1 Å². The second kappa shape index (κ2) is 8.10.